The number of ether oxygens (including phenoxy) is 2. The van der Waals surface area contributed by atoms with Gasteiger partial charge in [0.05, 0.1) is 10.5 Å². The number of carbonyl (C=O) groups is 1. The minimum atomic E-state index is -3.63. The highest BCUT2D eigenvalue weighted by molar-refractivity contribution is 7.89. The molecule has 8 heteroatoms. The molecule has 0 radical (unpaired) electrons. The highest BCUT2D eigenvalue weighted by Gasteiger charge is 2.22. The number of esters is 1. The van der Waals surface area contributed by atoms with Gasteiger partial charge in [-0.15, -0.1) is 0 Å². The third-order valence-corrected chi connectivity index (χ3v) is 6.08. The third-order valence-electron chi connectivity index (χ3n) is 3.79. The quantitative estimate of drug-likeness (QED) is 0.465. The van der Waals surface area contributed by atoms with E-state index in [2.05, 4.69) is 0 Å². The number of rotatable bonds is 9. The maximum absolute atomic E-state index is 12.6. The van der Waals surface area contributed by atoms with Gasteiger partial charge in [0.15, 0.2) is 0 Å². The van der Waals surface area contributed by atoms with E-state index in [1.165, 1.54) is 28.6 Å². The average molecular weight is 412 g/mol. The Bertz CT molecular complexity index is 881. The topological polar surface area (TPSA) is 72.9 Å². The van der Waals surface area contributed by atoms with Gasteiger partial charge in [-0.1, -0.05) is 37.6 Å². The van der Waals surface area contributed by atoms with Crippen LogP contribution < -0.4 is 4.74 Å². The molecule has 0 bridgehead atoms. The first-order chi connectivity index (χ1) is 12.9. The zero-order valence-corrected chi connectivity index (χ0v) is 16.8. The van der Waals surface area contributed by atoms with Gasteiger partial charge in [0.1, 0.15) is 19.0 Å². The predicted octanol–water partition coefficient (Wildman–Crippen LogP) is 3.61. The molecule has 0 N–H and O–H groups in total. The second-order valence-electron chi connectivity index (χ2n) is 5.56. The Morgan fingerprint density at radius 2 is 1.74 bits per heavy atom. The first-order valence-electron chi connectivity index (χ1n) is 8.54. The molecule has 0 saturated carbocycles. The molecule has 27 heavy (non-hydrogen) atoms. The number of sulfonamides is 1. The number of nitrogens with zero attached hydrogens (tertiary/aromatic N) is 1. The molecule has 0 heterocycles. The van der Waals surface area contributed by atoms with Crippen molar-refractivity contribution in [1.29, 1.82) is 0 Å². The van der Waals surface area contributed by atoms with Crippen molar-refractivity contribution in [2.24, 2.45) is 0 Å². The standard InChI is InChI=1S/C19H22ClNO5S/c1-3-21(4-2)27(23,24)18-10-5-7-15(13-18)19(22)26-12-11-25-17-9-6-8-16(20)14-17/h5-10,13-14H,3-4,11-12H2,1-2H3. The Labute approximate surface area is 164 Å². The highest BCUT2D eigenvalue weighted by Crippen LogP contribution is 2.18. The van der Waals surface area contributed by atoms with Gasteiger partial charge in [-0.2, -0.15) is 4.31 Å². The number of carbonyl (C=O) groups excluding carboxylic acids is 1. The van der Waals surface area contributed by atoms with Gasteiger partial charge < -0.3 is 9.47 Å². The van der Waals surface area contributed by atoms with Gasteiger partial charge in [0.25, 0.3) is 0 Å². The normalized spacial score (nSPS) is 11.4. The lowest BCUT2D eigenvalue weighted by molar-refractivity contribution is 0.0450. The van der Waals surface area contributed by atoms with E-state index in [4.69, 9.17) is 21.1 Å². The van der Waals surface area contributed by atoms with Crippen LogP contribution in [0, 0.1) is 0 Å². The summed E-state index contributed by atoms with van der Waals surface area (Å²) in [4.78, 5) is 12.3. The molecule has 2 aromatic rings. The van der Waals surface area contributed by atoms with Crippen molar-refractivity contribution in [2.75, 3.05) is 26.3 Å². The van der Waals surface area contributed by atoms with Crippen LogP contribution in [-0.4, -0.2) is 45.0 Å². The molecule has 0 saturated heterocycles. The van der Waals surface area contributed by atoms with Gasteiger partial charge in [-0.3, -0.25) is 0 Å². The van der Waals surface area contributed by atoms with E-state index in [1.807, 2.05) is 0 Å². The summed E-state index contributed by atoms with van der Waals surface area (Å²) in [7, 11) is -3.63. The molecular weight excluding hydrogens is 390 g/mol. The fourth-order valence-electron chi connectivity index (χ4n) is 2.43. The molecule has 0 atom stereocenters. The summed E-state index contributed by atoms with van der Waals surface area (Å²) in [5.41, 5.74) is 0.172. The molecule has 0 aliphatic carbocycles. The van der Waals surface area contributed by atoms with Crippen molar-refractivity contribution in [3.8, 4) is 5.75 Å². The third kappa shape index (κ3) is 5.69. The first kappa shape index (κ1) is 21.2. The number of hydrogen-bond donors (Lipinski definition) is 0. The lowest BCUT2D eigenvalue weighted by Crippen LogP contribution is -2.30. The van der Waals surface area contributed by atoms with E-state index >= 15 is 0 Å². The van der Waals surface area contributed by atoms with Crippen LogP contribution in [0.15, 0.2) is 53.4 Å². The van der Waals surface area contributed by atoms with Gasteiger partial charge >= 0.3 is 5.97 Å². The summed E-state index contributed by atoms with van der Waals surface area (Å²) in [6.07, 6.45) is 0. The van der Waals surface area contributed by atoms with Crippen molar-refractivity contribution in [1.82, 2.24) is 4.31 Å². The van der Waals surface area contributed by atoms with Crippen molar-refractivity contribution in [2.45, 2.75) is 18.7 Å². The van der Waals surface area contributed by atoms with Crippen LogP contribution in [-0.2, 0) is 14.8 Å². The van der Waals surface area contributed by atoms with E-state index in [1.54, 1.807) is 38.1 Å². The fourth-order valence-corrected chi connectivity index (χ4v) is 4.11. The molecular formula is C19H22ClNO5S. The Morgan fingerprint density at radius 1 is 1.04 bits per heavy atom. The Hall–Kier alpha value is -2.09. The fraction of sp³-hybridized carbons (Fsp3) is 0.316. The van der Waals surface area contributed by atoms with E-state index in [0.29, 0.717) is 23.9 Å². The van der Waals surface area contributed by atoms with E-state index in [9.17, 15) is 13.2 Å². The van der Waals surface area contributed by atoms with Crippen LogP contribution in [0.1, 0.15) is 24.2 Å². The summed E-state index contributed by atoms with van der Waals surface area (Å²) in [6, 6.07) is 12.7. The van der Waals surface area contributed by atoms with Gasteiger partial charge in [0.2, 0.25) is 10.0 Å². The second-order valence-corrected chi connectivity index (χ2v) is 7.93. The molecule has 146 valence electrons. The average Bonchev–Trinajstić information content (AvgIpc) is 2.66. The first-order valence-corrected chi connectivity index (χ1v) is 10.4. The smallest absolute Gasteiger partial charge is 0.338 e. The van der Waals surface area contributed by atoms with Crippen LogP contribution in [0.2, 0.25) is 5.02 Å². The SMILES string of the molecule is CCN(CC)S(=O)(=O)c1cccc(C(=O)OCCOc2cccc(Cl)c2)c1. The van der Waals surface area contributed by atoms with Gasteiger partial charge in [0, 0.05) is 18.1 Å². The Balaban J connectivity index is 1.97. The Morgan fingerprint density at radius 3 is 2.41 bits per heavy atom. The van der Waals surface area contributed by atoms with E-state index in [-0.39, 0.29) is 23.7 Å². The molecule has 0 unspecified atom stereocenters. The second kappa shape index (κ2) is 9.73. The Kier molecular flexibility index (Phi) is 7.65. The van der Waals surface area contributed by atoms with Crippen LogP contribution in [0.25, 0.3) is 0 Å². The summed E-state index contributed by atoms with van der Waals surface area (Å²) >= 11 is 5.86. The molecule has 0 aromatic heterocycles. The van der Waals surface area contributed by atoms with Crippen LogP contribution in [0.4, 0.5) is 0 Å². The molecule has 0 aliphatic heterocycles. The number of benzene rings is 2. The molecule has 2 aromatic carbocycles. The van der Waals surface area contributed by atoms with E-state index < -0.39 is 16.0 Å². The maximum atomic E-state index is 12.6. The molecule has 0 aliphatic rings. The summed E-state index contributed by atoms with van der Waals surface area (Å²) in [5.74, 6) is -0.0350. The van der Waals surface area contributed by atoms with Crippen molar-refractivity contribution >= 4 is 27.6 Å². The molecule has 0 spiro atoms. The summed E-state index contributed by atoms with van der Waals surface area (Å²) in [6.45, 7) is 4.42. The predicted molar refractivity (Wildman–Crippen MR) is 104 cm³/mol. The minimum Gasteiger partial charge on any atom is -0.490 e. The molecule has 0 amide bonds. The minimum absolute atomic E-state index is 0.0262. The lowest BCUT2D eigenvalue weighted by Gasteiger charge is -2.18. The van der Waals surface area contributed by atoms with Gasteiger partial charge in [-0.05, 0) is 36.4 Å². The lowest BCUT2D eigenvalue weighted by atomic mass is 10.2. The van der Waals surface area contributed by atoms with Crippen LogP contribution in [0.3, 0.4) is 0 Å². The highest BCUT2D eigenvalue weighted by atomic mass is 35.5. The maximum Gasteiger partial charge on any atom is 0.338 e. The van der Waals surface area contributed by atoms with Gasteiger partial charge in [-0.25, -0.2) is 13.2 Å². The van der Waals surface area contributed by atoms with Crippen LogP contribution in [0.5, 0.6) is 5.75 Å². The molecule has 2 rings (SSSR count). The largest absolute Gasteiger partial charge is 0.490 e. The monoisotopic (exact) mass is 411 g/mol. The zero-order valence-electron chi connectivity index (χ0n) is 15.2. The summed E-state index contributed by atoms with van der Waals surface area (Å²) in [5, 5.41) is 0.552. The zero-order chi connectivity index (χ0) is 19.9. The van der Waals surface area contributed by atoms with Crippen molar-refractivity contribution in [3.05, 3.63) is 59.1 Å². The summed E-state index contributed by atoms with van der Waals surface area (Å²) < 4.78 is 37.0. The molecule has 0 fully saturated rings. The molecule has 6 nitrogen and oxygen atoms in total. The van der Waals surface area contributed by atoms with Crippen LogP contribution >= 0.6 is 11.6 Å². The van der Waals surface area contributed by atoms with E-state index in [0.717, 1.165) is 0 Å². The number of halogens is 1. The van der Waals surface area contributed by atoms with Crippen molar-refractivity contribution < 1.29 is 22.7 Å². The number of hydrogen-bond acceptors (Lipinski definition) is 5. The van der Waals surface area contributed by atoms with Crippen molar-refractivity contribution in [3.63, 3.8) is 0 Å².